The lowest BCUT2D eigenvalue weighted by Gasteiger charge is -2.17. The van der Waals surface area contributed by atoms with Crippen LogP contribution in [0, 0.1) is 27.7 Å². The Hall–Kier alpha value is -1.91. The van der Waals surface area contributed by atoms with E-state index in [1.807, 2.05) is 52.0 Å². The number of carbonyl (C=O) groups excluding carboxylic acids is 1. The molecule has 0 fully saturated rings. The number of alkyl halides is 2. The van der Waals surface area contributed by atoms with Crippen LogP contribution in [0.4, 0.5) is 0 Å². The minimum absolute atomic E-state index is 0.233. The number of benzene rings is 2. The summed E-state index contributed by atoms with van der Waals surface area (Å²) in [4.78, 5) is 12.0. The first-order valence-electron chi connectivity index (χ1n) is 10.1. The Bertz CT molecular complexity index is 818. The average molecular weight is 453 g/mol. The Labute approximate surface area is 189 Å². The van der Waals surface area contributed by atoms with E-state index in [0.717, 1.165) is 51.5 Å². The Balaban J connectivity index is 2.12. The topological polar surface area (TPSA) is 44.8 Å². The molecule has 2 aromatic carbocycles. The molecule has 0 N–H and O–H groups in total. The van der Waals surface area contributed by atoms with Crippen LogP contribution in [0.2, 0.25) is 0 Å². The van der Waals surface area contributed by atoms with Crippen molar-refractivity contribution in [1.29, 1.82) is 0 Å². The molecule has 0 aliphatic rings. The van der Waals surface area contributed by atoms with Crippen molar-refractivity contribution in [2.75, 3.05) is 25.0 Å². The normalized spacial score (nSPS) is 10.7. The quantitative estimate of drug-likeness (QED) is 0.223. The zero-order valence-corrected chi connectivity index (χ0v) is 19.7. The van der Waals surface area contributed by atoms with E-state index in [1.54, 1.807) is 0 Å². The summed E-state index contributed by atoms with van der Waals surface area (Å²) in [5.74, 6) is 3.25. The van der Waals surface area contributed by atoms with Crippen molar-refractivity contribution in [3.63, 3.8) is 0 Å². The van der Waals surface area contributed by atoms with Gasteiger partial charge in [0.2, 0.25) is 0 Å². The third-order valence-corrected chi connectivity index (χ3v) is 5.12. The summed E-state index contributed by atoms with van der Waals surface area (Å²) >= 11 is 11.3. The number of hydrogen-bond donors (Lipinski definition) is 0. The third kappa shape index (κ3) is 7.10. The molecule has 4 nitrogen and oxygen atoms in total. The molecular formula is C24H30Cl2O4. The SMILES string of the molecule is Cc1cc(Oc2c(C)cc(CC(=O)OCCCCl)cc2C)cc(C)c1OCCCCl. The molecule has 0 saturated heterocycles. The van der Waals surface area contributed by atoms with Crippen LogP contribution < -0.4 is 9.47 Å². The lowest BCUT2D eigenvalue weighted by atomic mass is 10.0. The number of halogens is 2. The highest BCUT2D eigenvalue weighted by molar-refractivity contribution is 6.18. The van der Waals surface area contributed by atoms with E-state index in [0.29, 0.717) is 31.4 Å². The van der Waals surface area contributed by atoms with Gasteiger partial charge in [0.05, 0.1) is 19.6 Å². The molecule has 0 aromatic heterocycles. The fraction of sp³-hybridized carbons (Fsp3) is 0.458. The van der Waals surface area contributed by atoms with Crippen molar-refractivity contribution >= 4 is 29.2 Å². The van der Waals surface area contributed by atoms with Crippen molar-refractivity contribution in [3.05, 3.63) is 52.1 Å². The molecule has 0 saturated carbocycles. The third-order valence-electron chi connectivity index (χ3n) is 4.59. The highest BCUT2D eigenvalue weighted by atomic mass is 35.5. The zero-order chi connectivity index (χ0) is 22.1. The van der Waals surface area contributed by atoms with Gasteiger partial charge in [-0.2, -0.15) is 0 Å². The molecule has 6 heteroatoms. The molecule has 0 bridgehead atoms. The van der Waals surface area contributed by atoms with Crippen molar-refractivity contribution in [3.8, 4) is 17.2 Å². The predicted molar refractivity (Wildman–Crippen MR) is 123 cm³/mol. The molecule has 0 amide bonds. The maximum Gasteiger partial charge on any atom is 0.310 e. The molecule has 0 aliphatic heterocycles. The number of hydrogen-bond acceptors (Lipinski definition) is 4. The molecule has 0 spiro atoms. The summed E-state index contributed by atoms with van der Waals surface area (Å²) in [7, 11) is 0. The van der Waals surface area contributed by atoms with E-state index in [-0.39, 0.29) is 12.4 Å². The fourth-order valence-electron chi connectivity index (χ4n) is 3.31. The van der Waals surface area contributed by atoms with E-state index in [4.69, 9.17) is 37.4 Å². The second-order valence-electron chi connectivity index (χ2n) is 7.38. The molecule has 0 unspecified atom stereocenters. The van der Waals surface area contributed by atoms with Crippen LogP contribution in [0.15, 0.2) is 24.3 Å². The second-order valence-corrected chi connectivity index (χ2v) is 8.13. The lowest BCUT2D eigenvalue weighted by Crippen LogP contribution is -2.10. The molecular weight excluding hydrogens is 423 g/mol. The monoisotopic (exact) mass is 452 g/mol. The van der Waals surface area contributed by atoms with Gasteiger partial charge >= 0.3 is 5.97 Å². The Morgan fingerprint density at radius 2 is 1.33 bits per heavy atom. The first kappa shape index (κ1) is 24.4. The molecule has 164 valence electrons. The smallest absolute Gasteiger partial charge is 0.310 e. The summed E-state index contributed by atoms with van der Waals surface area (Å²) < 4.78 is 17.3. The Morgan fingerprint density at radius 1 is 0.800 bits per heavy atom. The number of ether oxygens (including phenoxy) is 3. The zero-order valence-electron chi connectivity index (χ0n) is 18.1. The van der Waals surface area contributed by atoms with E-state index in [1.165, 1.54) is 0 Å². The average Bonchev–Trinajstić information content (AvgIpc) is 2.67. The summed E-state index contributed by atoms with van der Waals surface area (Å²) in [6, 6.07) is 7.89. The minimum atomic E-state index is -0.247. The summed E-state index contributed by atoms with van der Waals surface area (Å²) in [5.41, 5.74) is 4.88. The largest absolute Gasteiger partial charge is 0.493 e. The number of rotatable bonds is 11. The van der Waals surface area contributed by atoms with Crippen LogP contribution in [0.3, 0.4) is 0 Å². The molecule has 30 heavy (non-hydrogen) atoms. The van der Waals surface area contributed by atoms with Crippen LogP contribution in [0.5, 0.6) is 17.2 Å². The van der Waals surface area contributed by atoms with Gasteiger partial charge in [-0.15, -0.1) is 23.2 Å². The standard InChI is InChI=1S/C24H30Cl2O4/c1-16-11-20(15-22(27)28-9-5-7-25)12-17(2)24(16)30-21-13-18(3)23(19(4)14-21)29-10-6-8-26/h11-14H,5-10,15H2,1-4H3. The van der Waals surface area contributed by atoms with Crippen molar-refractivity contribution in [2.45, 2.75) is 47.0 Å². The molecule has 2 rings (SSSR count). The lowest BCUT2D eigenvalue weighted by molar-refractivity contribution is -0.142. The van der Waals surface area contributed by atoms with Gasteiger partial charge in [-0.1, -0.05) is 12.1 Å². The minimum Gasteiger partial charge on any atom is -0.493 e. The second kappa shape index (κ2) is 12.1. The number of esters is 1. The Kier molecular flexibility index (Phi) is 9.80. The highest BCUT2D eigenvalue weighted by Gasteiger charge is 2.13. The summed E-state index contributed by atoms with van der Waals surface area (Å²) in [6.45, 7) is 8.93. The van der Waals surface area contributed by atoms with Gasteiger partial charge in [0, 0.05) is 11.8 Å². The number of aryl methyl sites for hydroxylation is 4. The molecule has 0 atom stereocenters. The van der Waals surface area contributed by atoms with Gasteiger partial charge in [-0.05, 0) is 80.5 Å². The van der Waals surface area contributed by atoms with Crippen LogP contribution in [-0.2, 0) is 16.0 Å². The van der Waals surface area contributed by atoms with Crippen LogP contribution in [0.25, 0.3) is 0 Å². The number of carbonyl (C=O) groups is 1. The fourth-order valence-corrected chi connectivity index (χ4v) is 3.52. The van der Waals surface area contributed by atoms with Crippen LogP contribution >= 0.6 is 23.2 Å². The van der Waals surface area contributed by atoms with Gasteiger partial charge in [0.1, 0.15) is 17.2 Å². The van der Waals surface area contributed by atoms with Crippen molar-refractivity contribution < 1.29 is 19.0 Å². The molecule has 0 radical (unpaired) electrons. The summed E-state index contributed by atoms with van der Waals surface area (Å²) in [6.07, 6.45) is 1.70. The van der Waals surface area contributed by atoms with Gasteiger partial charge in [-0.25, -0.2) is 0 Å². The van der Waals surface area contributed by atoms with E-state index < -0.39 is 0 Å². The van der Waals surface area contributed by atoms with E-state index in [2.05, 4.69) is 0 Å². The Morgan fingerprint density at radius 3 is 1.90 bits per heavy atom. The first-order valence-corrected chi connectivity index (χ1v) is 11.2. The van der Waals surface area contributed by atoms with Crippen molar-refractivity contribution in [2.24, 2.45) is 0 Å². The van der Waals surface area contributed by atoms with Gasteiger partial charge in [0.15, 0.2) is 0 Å². The van der Waals surface area contributed by atoms with Crippen LogP contribution in [-0.4, -0.2) is 30.9 Å². The van der Waals surface area contributed by atoms with E-state index in [9.17, 15) is 4.79 Å². The maximum atomic E-state index is 12.0. The summed E-state index contributed by atoms with van der Waals surface area (Å²) in [5, 5.41) is 0. The van der Waals surface area contributed by atoms with Gasteiger partial charge < -0.3 is 14.2 Å². The first-order chi connectivity index (χ1) is 14.3. The molecule has 0 heterocycles. The maximum absolute atomic E-state index is 12.0. The molecule has 0 aliphatic carbocycles. The molecule has 2 aromatic rings. The van der Waals surface area contributed by atoms with Gasteiger partial charge in [-0.3, -0.25) is 4.79 Å². The predicted octanol–water partition coefficient (Wildman–Crippen LogP) is 6.43. The van der Waals surface area contributed by atoms with E-state index >= 15 is 0 Å². The van der Waals surface area contributed by atoms with Crippen LogP contribution in [0.1, 0.15) is 40.7 Å². The van der Waals surface area contributed by atoms with Crippen molar-refractivity contribution in [1.82, 2.24) is 0 Å². The van der Waals surface area contributed by atoms with Gasteiger partial charge in [0.25, 0.3) is 0 Å². The highest BCUT2D eigenvalue weighted by Crippen LogP contribution is 2.34.